The van der Waals surface area contributed by atoms with Crippen LogP contribution in [0.2, 0.25) is 0 Å². The van der Waals surface area contributed by atoms with Crippen LogP contribution in [0.4, 0.5) is 0 Å². The van der Waals surface area contributed by atoms with Crippen LogP contribution in [0.3, 0.4) is 0 Å². The lowest BCUT2D eigenvalue weighted by atomic mass is 10.0. The number of benzene rings is 1. The van der Waals surface area contributed by atoms with E-state index in [0.29, 0.717) is 26.1 Å². The Morgan fingerprint density at radius 3 is 2.67 bits per heavy atom. The van der Waals surface area contributed by atoms with Crippen molar-refractivity contribution < 1.29 is 9.90 Å². The second-order valence-corrected chi connectivity index (χ2v) is 6.72. The minimum Gasteiger partial charge on any atom is -0.392 e. The van der Waals surface area contributed by atoms with Crippen LogP contribution in [0.25, 0.3) is 11.0 Å². The van der Waals surface area contributed by atoms with Gasteiger partial charge in [-0.25, -0.2) is 4.79 Å². The molecule has 0 aliphatic carbocycles. The molecule has 3 heterocycles. The molecule has 2 unspecified atom stereocenters. The number of hydrogen-bond acceptors (Lipinski definition) is 4. The van der Waals surface area contributed by atoms with Crippen molar-refractivity contribution in [1.82, 2.24) is 19.8 Å². The molecule has 3 N–H and O–H groups in total. The van der Waals surface area contributed by atoms with Crippen LogP contribution in [0.5, 0.6) is 0 Å². The van der Waals surface area contributed by atoms with Crippen LogP contribution in [0, 0.1) is 0 Å². The first-order valence-electron chi connectivity index (χ1n) is 8.53. The van der Waals surface area contributed by atoms with E-state index in [9.17, 15) is 14.7 Å². The molecule has 0 saturated carbocycles. The monoisotopic (exact) mass is 330 g/mol. The number of hydrogen-bond donors (Lipinski definition) is 3. The average Bonchev–Trinajstić information content (AvgIpc) is 3.17. The normalized spacial score (nSPS) is 25.5. The van der Waals surface area contributed by atoms with Crippen LogP contribution in [-0.2, 0) is 4.79 Å². The van der Waals surface area contributed by atoms with Gasteiger partial charge >= 0.3 is 5.69 Å². The summed E-state index contributed by atoms with van der Waals surface area (Å²) in [5.74, 6) is 0.0660. The van der Waals surface area contributed by atoms with Gasteiger partial charge in [-0.05, 0) is 31.4 Å². The number of H-pyrrole nitrogens is 1. The summed E-state index contributed by atoms with van der Waals surface area (Å²) in [7, 11) is 0. The molecule has 2 aromatic rings. The summed E-state index contributed by atoms with van der Waals surface area (Å²) >= 11 is 0. The van der Waals surface area contributed by atoms with Crippen LogP contribution >= 0.6 is 0 Å². The quantitative estimate of drug-likeness (QED) is 0.734. The molecule has 128 valence electrons. The highest BCUT2D eigenvalue weighted by Gasteiger charge is 2.33. The summed E-state index contributed by atoms with van der Waals surface area (Å²) in [5, 5.41) is 12.6. The van der Waals surface area contributed by atoms with Crippen molar-refractivity contribution in [2.75, 3.05) is 19.6 Å². The number of aromatic nitrogens is 2. The Labute approximate surface area is 139 Å². The first kappa shape index (κ1) is 15.4. The van der Waals surface area contributed by atoms with E-state index in [1.165, 1.54) is 0 Å². The number of likely N-dealkylation sites (tertiary alicyclic amines) is 1. The smallest absolute Gasteiger partial charge is 0.326 e. The van der Waals surface area contributed by atoms with Crippen molar-refractivity contribution >= 4 is 16.9 Å². The summed E-state index contributed by atoms with van der Waals surface area (Å²) in [6, 6.07) is 7.54. The highest BCUT2D eigenvalue weighted by molar-refractivity contribution is 5.82. The number of imidazole rings is 1. The summed E-state index contributed by atoms with van der Waals surface area (Å²) in [5.41, 5.74) is 1.69. The summed E-state index contributed by atoms with van der Waals surface area (Å²) in [4.78, 5) is 29.5. The number of nitrogens with one attached hydrogen (secondary N) is 2. The van der Waals surface area contributed by atoms with Gasteiger partial charge in [-0.3, -0.25) is 9.36 Å². The summed E-state index contributed by atoms with van der Waals surface area (Å²) < 4.78 is 1.83. The first-order valence-corrected chi connectivity index (χ1v) is 8.53. The van der Waals surface area contributed by atoms with Crippen LogP contribution in [0.15, 0.2) is 29.1 Å². The molecular weight excluding hydrogens is 308 g/mol. The maximum absolute atomic E-state index is 12.5. The fourth-order valence-electron chi connectivity index (χ4n) is 3.91. The molecule has 0 bridgehead atoms. The Balaban J connectivity index is 1.47. The minimum absolute atomic E-state index is 0.0660. The molecule has 2 atom stereocenters. The molecule has 0 spiro atoms. The van der Waals surface area contributed by atoms with E-state index in [1.807, 2.05) is 33.7 Å². The topological polar surface area (TPSA) is 90.4 Å². The third-order valence-corrected chi connectivity index (χ3v) is 5.17. The van der Waals surface area contributed by atoms with E-state index in [4.69, 9.17) is 0 Å². The molecule has 2 aliphatic rings. The molecule has 7 nitrogen and oxygen atoms in total. The highest BCUT2D eigenvalue weighted by Crippen LogP contribution is 2.25. The number of fused-ring (bicyclic) bond motifs is 1. The molecule has 2 saturated heterocycles. The second-order valence-electron chi connectivity index (χ2n) is 6.72. The molecule has 24 heavy (non-hydrogen) atoms. The number of aliphatic hydroxyl groups is 1. The van der Waals surface area contributed by atoms with E-state index in [-0.39, 0.29) is 23.7 Å². The molecular formula is C17H22N4O3. The number of aliphatic hydroxyl groups excluding tert-OH is 1. The van der Waals surface area contributed by atoms with Gasteiger partial charge in [0.2, 0.25) is 5.91 Å². The number of piperidine rings is 1. The van der Waals surface area contributed by atoms with Crippen LogP contribution < -0.4 is 11.0 Å². The summed E-state index contributed by atoms with van der Waals surface area (Å²) in [6.07, 6.45) is 1.59. The zero-order valence-electron chi connectivity index (χ0n) is 13.4. The Morgan fingerprint density at radius 2 is 1.96 bits per heavy atom. The fraction of sp³-hybridized carbons (Fsp3) is 0.529. The number of amides is 1. The predicted octanol–water partition coefficient (Wildman–Crippen LogP) is 0.216. The minimum atomic E-state index is -0.429. The van der Waals surface area contributed by atoms with Crippen molar-refractivity contribution in [1.29, 1.82) is 0 Å². The third-order valence-electron chi connectivity index (χ3n) is 5.17. The lowest BCUT2D eigenvalue weighted by Crippen LogP contribution is -2.47. The van der Waals surface area contributed by atoms with E-state index in [1.54, 1.807) is 0 Å². The lowest BCUT2D eigenvalue weighted by molar-refractivity contribution is -0.134. The number of carbonyl (C=O) groups excluding carboxylic acids is 1. The number of rotatable bonds is 2. The van der Waals surface area contributed by atoms with Crippen molar-refractivity contribution in [3.63, 3.8) is 0 Å². The lowest BCUT2D eigenvalue weighted by Gasteiger charge is -2.34. The number of carbonyl (C=O) groups is 1. The zero-order valence-corrected chi connectivity index (χ0v) is 13.4. The summed E-state index contributed by atoms with van der Waals surface area (Å²) in [6.45, 7) is 1.77. The van der Waals surface area contributed by atoms with E-state index in [0.717, 1.165) is 23.9 Å². The number of aromatic amines is 1. The SMILES string of the molecule is O=C(C1CC(O)CN1)N1CCC(n2c(=O)[nH]c3ccccc32)CC1. The van der Waals surface area contributed by atoms with Crippen LogP contribution in [0.1, 0.15) is 25.3 Å². The van der Waals surface area contributed by atoms with Gasteiger partial charge < -0.3 is 20.3 Å². The maximum Gasteiger partial charge on any atom is 0.326 e. The van der Waals surface area contributed by atoms with Gasteiger partial charge in [-0.2, -0.15) is 0 Å². The Hall–Kier alpha value is -2.12. The first-order chi connectivity index (χ1) is 11.6. The Bertz CT molecular complexity index is 804. The number of para-hydroxylation sites is 2. The van der Waals surface area contributed by atoms with Gasteiger partial charge in [-0.15, -0.1) is 0 Å². The van der Waals surface area contributed by atoms with Crippen molar-refractivity contribution in [2.24, 2.45) is 0 Å². The predicted molar refractivity (Wildman–Crippen MR) is 89.8 cm³/mol. The average molecular weight is 330 g/mol. The maximum atomic E-state index is 12.5. The van der Waals surface area contributed by atoms with Gasteiger partial charge in [0.25, 0.3) is 0 Å². The third kappa shape index (κ3) is 2.63. The fourth-order valence-corrected chi connectivity index (χ4v) is 3.91. The second kappa shape index (κ2) is 6.07. The molecule has 0 radical (unpaired) electrons. The van der Waals surface area contributed by atoms with Crippen molar-refractivity contribution in [3.05, 3.63) is 34.7 Å². The van der Waals surface area contributed by atoms with Gasteiger partial charge in [0, 0.05) is 25.7 Å². The molecule has 4 rings (SSSR count). The van der Waals surface area contributed by atoms with Gasteiger partial charge in [0.05, 0.1) is 23.2 Å². The largest absolute Gasteiger partial charge is 0.392 e. The molecule has 7 heteroatoms. The van der Waals surface area contributed by atoms with E-state index >= 15 is 0 Å². The molecule has 1 aromatic carbocycles. The van der Waals surface area contributed by atoms with Crippen molar-refractivity contribution in [3.8, 4) is 0 Å². The van der Waals surface area contributed by atoms with Crippen molar-refractivity contribution in [2.45, 2.75) is 37.5 Å². The Morgan fingerprint density at radius 1 is 1.21 bits per heavy atom. The van der Waals surface area contributed by atoms with Gasteiger partial charge in [-0.1, -0.05) is 12.1 Å². The molecule has 2 aliphatic heterocycles. The van der Waals surface area contributed by atoms with Crippen LogP contribution in [-0.4, -0.2) is 57.2 Å². The highest BCUT2D eigenvalue weighted by atomic mass is 16.3. The molecule has 1 aromatic heterocycles. The molecule has 2 fully saturated rings. The zero-order chi connectivity index (χ0) is 16.7. The number of nitrogens with zero attached hydrogens (tertiary/aromatic N) is 2. The van der Waals surface area contributed by atoms with Gasteiger partial charge in [0.1, 0.15) is 0 Å². The van der Waals surface area contributed by atoms with Gasteiger partial charge in [0.15, 0.2) is 0 Å². The molecule has 1 amide bonds. The van der Waals surface area contributed by atoms with E-state index in [2.05, 4.69) is 10.3 Å². The number of β-amino-alcohol motifs (C(OH)–C–C–N with tert-alkyl or cyclic N) is 1. The standard InChI is InChI=1S/C17H22N4O3/c22-12-9-14(18-10-12)16(23)20-7-5-11(6-8-20)21-15-4-2-1-3-13(15)19-17(21)24/h1-4,11-12,14,18,22H,5-10H2,(H,19,24). The van der Waals surface area contributed by atoms with E-state index < -0.39 is 6.10 Å². The Kier molecular flexibility index (Phi) is 3.90.